The van der Waals surface area contributed by atoms with Gasteiger partial charge in [0.1, 0.15) is 0 Å². The van der Waals surface area contributed by atoms with E-state index in [4.69, 9.17) is 17.3 Å². The number of thioether (sulfide) groups is 1. The van der Waals surface area contributed by atoms with Crippen LogP contribution in [0.15, 0.2) is 34.6 Å². The molecular formula is C19H26ClN4O2PS. The van der Waals surface area contributed by atoms with Crippen molar-refractivity contribution >= 4 is 53.2 Å². The normalized spacial score (nSPS) is 26.5. The molecule has 0 aromatic heterocycles. The molecule has 0 aliphatic carbocycles. The molecule has 2 unspecified atom stereocenters. The fourth-order valence-corrected chi connectivity index (χ4v) is 8.73. The summed E-state index contributed by atoms with van der Waals surface area (Å²) in [6.45, 7) is 8.61. The van der Waals surface area contributed by atoms with Crippen molar-refractivity contribution in [3.05, 3.63) is 39.6 Å². The number of nitrogens with two attached hydrogens (primary N) is 1. The highest BCUT2D eigenvalue weighted by Crippen LogP contribution is 2.52. The first-order valence-corrected chi connectivity index (χ1v) is 12.3. The molecule has 0 spiro atoms. The Labute approximate surface area is 175 Å². The Hall–Kier alpha value is -1.40. The van der Waals surface area contributed by atoms with Gasteiger partial charge < -0.3 is 21.7 Å². The lowest BCUT2D eigenvalue weighted by molar-refractivity contribution is -0.113. The van der Waals surface area contributed by atoms with Gasteiger partial charge in [-0.1, -0.05) is 30.9 Å². The SMILES string of the molecule is C[PH]1=C(C2(C)CCC(C)(C)N2)SC(NC(=O)Nc2ccc(Cl)cc2)=C1C(N)=O. The lowest BCUT2D eigenvalue weighted by atomic mass is 10.0. The summed E-state index contributed by atoms with van der Waals surface area (Å²) in [4.78, 5) is 24.6. The van der Waals surface area contributed by atoms with E-state index in [9.17, 15) is 9.59 Å². The first-order chi connectivity index (χ1) is 13.0. The molecule has 1 aromatic rings. The van der Waals surface area contributed by atoms with Crippen molar-refractivity contribution in [1.82, 2.24) is 10.6 Å². The predicted octanol–water partition coefficient (Wildman–Crippen LogP) is 3.76. The Bertz CT molecular complexity index is 898. The first-order valence-electron chi connectivity index (χ1n) is 9.07. The monoisotopic (exact) mass is 440 g/mol. The number of carbonyl (C=O) groups is 2. The molecule has 2 heterocycles. The fraction of sp³-hybridized carbons (Fsp3) is 0.421. The van der Waals surface area contributed by atoms with Gasteiger partial charge >= 0.3 is 6.03 Å². The van der Waals surface area contributed by atoms with Gasteiger partial charge in [-0.25, -0.2) is 4.79 Å². The van der Waals surface area contributed by atoms with Gasteiger partial charge in [-0.3, -0.25) is 4.79 Å². The zero-order chi connectivity index (χ0) is 20.7. The number of rotatable bonds is 4. The van der Waals surface area contributed by atoms with Crippen LogP contribution in [-0.4, -0.2) is 34.3 Å². The number of anilines is 1. The topological polar surface area (TPSA) is 96.2 Å². The molecule has 9 heteroatoms. The van der Waals surface area contributed by atoms with Crippen LogP contribution in [0.1, 0.15) is 33.6 Å². The van der Waals surface area contributed by atoms with Gasteiger partial charge in [0.15, 0.2) is 0 Å². The second kappa shape index (κ2) is 7.79. The molecule has 6 nitrogen and oxygen atoms in total. The number of amides is 3. The van der Waals surface area contributed by atoms with Crippen molar-refractivity contribution in [2.45, 2.75) is 44.7 Å². The molecule has 0 radical (unpaired) electrons. The lowest BCUT2D eigenvalue weighted by Crippen LogP contribution is -2.49. The number of halogens is 1. The van der Waals surface area contributed by atoms with Crippen LogP contribution in [0, 0.1) is 0 Å². The van der Waals surface area contributed by atoms with Crippen LogP contribution in [0.25, 0.3) is 0 Å². The van der Waals surface area contributed by atoms with Gasteiger partial charge in [-0.05, 0) is 64.5 Å². The summed E-state index contributed by atoms with van der Waals surface area (Å²) in [5, 5.41) is 11.0. The average molecular weight is 441 g/mol. The van der Waals surface area contributed by atoms with E-state index in [-0.39, 0.29) is 11.1 Å². The molecule has 0 saturated carbocycles. The van der Waals surface area contributed by atoms with E-state index in [0.29, 0.717) is 21.1 Å². The molecule has 152 valence electrons. The number of primary amides is 1. The predicted molar refractivity (Wildman–Crippen MR) is 122 cm³/mol. The van der Waals surface area contributed by atoms with E-state index in [1.165, 1.54) is 16.4 Å². The molecule has 3 amide bonds. The van der Waals surface area contributed by atoms with Gasteiger partial charge in [0.2, 0.25) is 0 Å². The average Bonchev–Trinajstić information content (AvgIpc) is 3.06. The number of hydrogen-bond acceptors (Lipinski definition) is 4. The Morgan fingerprint density at radius 2 is 1.82 bits per heavy atom. The van der Waals surface area contributed by atoms with E-state index < -0.39 is 19.5 Å². The van der Waals surface area contributed by atoms with Gasteiger partial charge in [0, 0.05) is 26.4 Å². The van der Waals surface area contributed by atoms with E-state index in [1.54, 1.807) is 24.3 Å². The summed E-state index contributed by atoms with van der Waals surface area (Å²) < 4.78 is 1.21. The van der Waals surface area contributed by atoms with Crippen LogP contribution in [0.2, 0.25) is 5.02 Å². The summed E-state index contributed by atoms with van der Waals surface area (Å²) in [6.07, 6.45) is 2.04. The lowest BCUT2D eigenvalue weighted by Gasteiger charge is -2.31. The van der Waals surface area contributed by atoms with Crippen LogP contribution in [0.3, 0.4) is 0 Å². The summed E-state index contributed by atoms with van der Waals surface area (Å²) in [5.74, 6) is -0.471. The van der Waals surface area contributed by atoms with Crippen molar-refractivity contribution in [3.8, 4) is 0 Å². The van der Waals surface area contributed by atoms with E-state index >= 15 is 0 Å². The number of carbonyl (C=O) groups excluding carboxylic acids is 2. The van der Waals surface area contributed by atoms with E-state index in [2.05, 4.69) is 43.4 Å². The number of nitrogens with one attached hydrogen (secondary N) is 3. The Balaban J connectivity index is 1.79. The van der Waals surface area contributed by atoms with E-state index in [0.717, 1.165) is 12.8 Å². The molecule has 2 aliphatic rings. The molecule has 1 fully saturated rings. The van der Waals surface area contributed by atoms with Crippen molar-refractivity contribution in [3.63, 3.8) is 0 Å². The fourth-order valence-electron chi connectivity index (χ4n) is 3.83. The van der Waals surface area contributed by atoms with Gasteiger partial charge in [0.25, 0.3) is 5.91 Å². The summed E-state index contributed by atoms with van der Waals surface area (Å²) in [7, 11) is -1.33. The molecular weight excluding hydrogens is 415 g/mol. The molecule has 1 saturated heterocycles. The minimum atomic E-state index is -1.33. The summed E-state index contributed by atoms with van der Waals surface area (Å²) >= 11 is 7.35. The first kappa shape index (κ1) is 21.3. The number of hydrogen-bond donors (Lipinski definition) is 4. The Morgan fingerprint density at radius 3 is 2.36 bits per heavy atom. The quantitative estimate of drug-likeness (QED) is 0.536. The van der Waals surface area contributed by atoms with Crippen molar-refractivity contribution < 1.29 is 9.59 Å². The molecule has 2 aliphatic heterocycles. The van der Waals surface area contributed by atoms with Crippen LogP contribution in [0.4, 0.5) is 10.5 Å². The molecule has 3 rings (SSSR count). The third-order valence-electron chi connectivity index (χ3n) is 5.09. The smallest absolute Gasteiger partial charge is 0.324 e. The van der Waals surface area contributed by atoms with Gasteiger partial charge in [-0.2, -0.15) is 0 Å². The molecule has 1 aromatic carbocycles. The second-order valence-electron chi connectivity index (χ2n) is 8.05. The standard InChI is InChI=1S/C19H26ClN4O2PS/c1-18(2)9-10-19(3,24-18)16-27(4)13(14(21)25)15(28-16)23-17(26)22-12-7-5-11(20)6-8-12/h5-8,24,27H,9-10H2,1-4H3,(H2,21,25)(H2,22,23,26). The maximum absolute atomic E-state index is 12.5. The van der Waals surface area contributed by atoms with E-state index in [1.807, 2.05) is 0 Å². The van der Waals surface area contributed by atoms with Crippen molar-refractivity contribution in [2.75, 3.05) is 12.0 Å². The summed E-state index contributed by atoms with van der Waals surface area (Å²) in [5.41, 5.74) is 6.15. The third-order valence-corrected chi connectivity index (χ3v) is 10.4. The maximum atomic E-state index is 12.5. The Kier molecular flexibility index (Phi) is 5.93. The van der Waals surface area contributed by atoms with Crippen LogP contribution >= 0.6 is 30.9 Å². The zero-order valence-electron chi connectivity index (χ0n) is 16.4. The van der Waals surface area contributed by atoms with Gasteiger partial charge in [-0.15, -0.1) is 0 Å². The molecule has 0 bridgehead atoms. The van der Waals surface area contributed by atoms with Crippen LogP contribution < -0.4 is 21.7 Å². The summed E-state index contributed by atoms with van der Waals surface area (Å²) in [6, 6.07) is 6.41. The molecule has 28 heavy (non-hydrogen) atoms. The Morgan fingerprint density at radius 1 is 1.18 bits per heavy atom. The highest BCUT2D eigenvalue weighted by molar-refractivity contribution is 8.25. The zero-order valence-corrected chi connectivity index (χ0v) is 19.0. The minimum Gasteiger partial charge on any atom is -0.365 e. The maximum Gasteiger partial charge on any atom is 0.324 e. The minimum absolute atomic E-state index is 0.0412. The number of benzene rings is 1. The van der Waals surface area contributed by atoms with Crippen LogP contribution in [-0.2, 0) is 4.79 Å². The molecule has 5 N–H and O–H groups in total. The molecule has 2 atom stereocenters. The second-order valence-corrected chi connectivity index (χ2v) is 12.1. The number of urea groups is 1. The van der Waals surface area contributed by atoms with Crippen LogP contribution in [0.5, 0.6) is 0 Å². The highest BCUT2D eigenvalue weighted by Gasteiger charge is 2.45. The largest absolute Gasteiger partial charge is 0.365 e. The third kappa shape index (κ3) is 4.43. The van der Waals surface area contributed by atoms with Gasteiger partial charge in [0.05, 0.1) is 10.3 Å². The highest BCUT2D eigenvalue weighted by atomic mass is 35.5. The van der Waals surface area contributed by atoms with Crippen molar-refractivity contribution in [1.29, 1.82) is 0 Å². The van der Waals surface area contributed by atoms with Crippen molar-refractivity contribution in [2.24, 2.45) is 5.73 Å².